The fourth-order valence-corrected chi connectivity index (χ4v) is 2.60. The van der Waals surface area contributed by atoms with Crippen LogP contribution >= 0.6 is 0 Å². The lowest BCUT2D eigenvalue weighted by atomic mass is 9.91. The van der Waals surface area contributed by atoms with Crippen LogP contribution in [0.15, 0.2) is 0 Å². The number of nitrogens with zero attached hydrogens (tertiary/aromatic N) is 1. The van der Waals surface area contributed by atoms with Gasteiger partial charge in [-0.15, -0.1) is 0 Å². The highest BCUT2D eigenvalue weighted by Gasteiger charge is 2.31. The van der Waals surface area contributed by atoms with Crippen LogP contribution in [-0.2, 0) is 4.79 Å². The zero-order valence-corrected chi connectivity index (χ0v) is 12.9. The number of carbonyl (C=O) groups excluding carboxylic acids is 1. The Labute approximate surface area is 117 Å². The molecule has 0 aliphatic carbocycles. The van der Waals surface area contributed by atoms with E-state index in [0.29, 0.717) is 11.8 Å². The van der Waals surface area contributed by atoms with E-state index in [1.54, 1.807) is 0 Å². The highest BCUT2D eigenvalue weighted by atomic mass is 16.3. The number of amides is 1. The quantitative estimate of drug-likeness (QED) is 0.771. The molecule has 0 saturated carbocycles. The van der Waals surface area contributed by atoms with Crippen LogP contribution in [0.5, 0.6) is 0 Å². The van der Waals surface area contributed by atoms with E-state index in [4.69, 9.17) is 0 Å². The van der Waals surface area contributed by atoms with Crippen molar-refractivity contribution >= 4 is 5.91 Å². The van der Waals surface area contributed by atoms with Gasteiger partial charge in [-0.05, 0) is 38.0 Å². The van der Waals surface area contributed by atoms with Gasteiger partial charge in [-0.3, -0.25) is 9.69 Å². The van der Waals surface area contributed by atoms with Crippen LogP contribution in [0.4, 0.5) is 0 Å². The summed E-state index contributed by atoms with van der Waals surface area (Å²) in [7, 11) is 0. The number of nitrogens with one attached hydrogen (secondary N) is 1. The molecule has 1 aliphatic heterocycles. The van der Waals surface area contributed by atoms with Gasteiger partial charge in [0.2, 0.25) is 5.91 Å². The van der Waals surface area contributed by atoms with Gasteiger partial charge in [-0.25, -0.2) is 0 Å². The van der Waals surface area contributed by atoms with E-state index in [2.05, 4.69) is 31.0 Å². The molecule has 1 aliphatic rings. The third-order valence-corrected chi connectivity index (χ3v) is 4.20. The molecular weight excluding hydrogens is 240 g/mol. The summed E-state index contributed by atoms with van der Waals surface area (Å²) in [5.74, 6) is 1.04. The predicted octanol–water partition coefficient (Wildman–Crippen LogP) is 1.63. The van der Waals surface area contributed by atoms with Gasteiger partial charge in [0, 0.05) is 19.6 Å². The molecule has 0 spiro atoms. The van der Waals surface area contributed by atoms with Crippen molar-refractivity contribution in [2.75, 3.05) is 19.6 Å². The number of carbonyl (C=O) groups is 1. The molecule has 1 fully saturated rings. The van der Waals surface area contributed by atoms with Crippen LogP contribution in [0, 0.1) is 11.8 Å². The number of rotatable bonds is 6. The average molecular weight is 270 g/mol. The van der Waals surface area contributed by atoms with Gasteiger partial charge < -0.3 is 10.4 Å². The first kappa shape index (κ1) is 16.4. The standard InChI is InChI=1S/C15H30N2O2/c1-5-13-10-17(9-7-14(13)18)12(4)15(19)16-8-6-11(2)3/h11-14,18H,5-10H2,1-4H3,(H,16,19). The number of likely N-dealkylation sites (tertiary alicyclic amines) is 1. The molecule has 4 heteroatoms. The summed E-state index contributed by atoms with van der Waals surface area (Å²) in [6.07, 6.45) is 2.58. The van der Waals surface area contributed by atoms with E-state index >= 15 is 0 Å². The Morgan fingerprint density at radius 3 is 2.68 bits per heavy atom. The van der Waals surface area contributed by atoms with Crippen molar-refractivity contribution in [3.63, 3.8) is 0 Å². The SMILES string of the molecule is CCC1CN(C(C)C(=O)NCCC(C)C)CCC1O. The number of hydrogen-bond acceptors (Lipinski definition) is 3. The van der Waals surface area contributed by atoms with Gasteiger partial charge >= 0.3 is 0 Å². The van der Waals surface area contributed by atoms with Crippen LogP contribution in [-0.4, -0.2) is 47.7 Å². The van der Waals surface area contributed by atoms with E-state index in [1.165, 1.54) is 0 Å². The first-order chi connectivity index (χ1) is 8.95. The molecule has 2 N–H and O–H groups in total. The molecule has 0 radical (unpaired) electrons. The van der Waals surface area contributed by atoms with E-state index in [-0.39, 0.29) is 18.1 Å². The Morgan fingerprint density at radius 1 is 1.42 bits per heavy atom. The normalized spacial score (nSPS) is 26.4. The smallest absolute Gasteiger partial charge is 0.237 e. The first-order valence-corrected chi connectivity index (χ1v) is 7.65. The fraction of sp³-hybridized carbons (Fsp3) is 0.933. The van der Waals surface area contributed by atoms with Crippen molar-refractivity contribution in [3.05, 3.63) is 0 Å². The molecule has 1 saturated heterocycles. The van der Waals surface area contributed by atoms with Gasteiger partial charge in [0.05, 0.1) is 12.1 Å². The fourth-order valence-electron chi connectivity index (χ4n) is 2.60. The monoisotopic (exact) mass is 270 g/mol. The van der Waals surface area contributed by atoms with Gasteiger partial charge in [-0.1, -0.05) is 20.8 Å². The molecule has 0 aromatic heterocycles. The Hall–Kier alpha value is -0.610. The molecule has 112 valence electrons. The first-order valence-electron chi connectivity index (χ1n) is 7.65. The third kappa shape index (κ3) is 5.11. The van der Waals surface area contributed by atoms with Gasteiger partial charge in [0.15, 0.2) is 0 Å². The Kier molecular flexibility index (Phi) is 6.80. The zero-order valence-electron chi connectivity index (χ0n) is 12.9. The topological polar surface area (TPSA) is 52.6 Å². The molecule has 19 heavy (non-hydrogen) atoms. The molecule has 1 amide bonds. The summed E-state index contributed by atoms with van der Waals surface area (Å²) in [5.41, 5.74) is 0. The predicted molar refractivity (Wildman–Crippen MR) is 77.9 cm³/mol. The van der Waals surface area contributed by atoms with Crippen LogP contribution in [0.3, 0.4) is 0 Å². The molecule has 1 heterocycles. The minimum Gasteiger partial charge on any atom is -0.393 e. The summed E-state index contributed by atoms with van der Waals surface area (Å²) in [5, 5.41) is 12.9. The molecule has 0 bridgehead atoms. The lowest BCUT2D eigenvalue weighted by molar-refractivity contribution is -0.127. The van der Waals surface area contributed by atoms with Gasteiger partial charge in [0.25, 0.3) is 0 Å². The van der Waals surface area contributed by atoms with E-state index in [0.717, 1.165) is 38.9 Å². The highest BCUT2D eigenvalue weighted by molar-refractivity contribution is 5.81. The van der Waals surface area contributed by atoms with Crippen LogP contribution < -0.4 is 5.32 Å². The molecule has 3 unspecified atom stereocenters. The number of aliphatic hydroxyl groups excluding tert-OH is 1. The van der Waals surface area contributed by atoms with E-state index < -0.39 is 0 Å². The van der Waals surface area contributed by atoms with E-state index in [9.17, 15) is 9.90 Å². The van der Waals surface area contributed by atoms with Crippen LogP contribution in [0.25, 0.3) is 0 Å². The van der Waals surface area contributed by atoms with Gasteiger partial charge in [0.1, 0.15) is 0 Å². The van der Waals surface area contributed by atoms with Crippen LogP contribution in [0.2, 0.25) is 0 Å². The Balaban J connectivity index is 2.39. The average Bonchev–Trinajstić information content (AvgIpc) is 2.38. The lowest BCUT2D eigenvalue weighted by Gasteiger charge is -2.38. The second-order valence-electron chi connectivity index (χ2n) is 6.17. The lowest BCUT2D eigenvalue weighted by Crippen LogP contribution is -2.52. The van der Waals surface area contributed by atoms with Crippen molar-refractivity contribution in [2.24, 2.45) is 11.8 Å². The summed E-state index contributed by atoms with van der Waals surface area (Å²) in [6, 6.07) is -0.0892. The summed E-state index contributed by atoms with van der Waals surface area (Å²) in [4.78, 5) is 14.3. The summed E-state index contributed by atoms with van der Waals surface area (Å²) in [6.45, 7) is 10.8. The molecule has 4 nitrogen and oxygen atoms in total. The van der Waals surface area contributed by atoms with Crippen molar-refractivity contribution in [1.82, 2.24) is 10.2 Å². The molecule has 0 aromatic rings. The number of aliphatic hydroxyl groups is 1. The maximum atomic E-state index is 12.1. The zero-order chi connectivity index (χ0) is 14.4. The Bertz CT molecular complexity index is 281. The molecule has 1 rings (SSSR count). The largest absolute Gasteiger partial charge is 0.393 e. The number of hydrogen-bond donors (Lipinski definition) is 2. The summed E-state index contributed by atoms with van der Waals surface area (Å²) >= 11 is 0. The maximum absolute atomic E-state index is 12.1. The molecule has 0 aromatic carbocycles. The molecular formula is C15H30N2O2. The minimum atomic E-state index is -0.197. The van der Waals surface area contributed by atoms with Crippen molar-refractivity contribution in [3.8, 4) is 0 Å². The van der Waals surface area contributed by atoms with Crippen molar-refractivity contribution in [2.45, 2.75) is 59.1 Å². The minimum absolute atomic E-state index is 0.0892. The van der Waals surface area contributed by atoms with E-state index in [1.807, 2.05) is 6.92 Å². The van der Waals surface area contributed by atoms with Gasteiger partial charge in [-0.2, -0.15) is 0 Å². The Morgan fingerprint density at radius 2 is 2.11 bits per heavy atom. The second kappa shape index (κ2) is 7.85. The summed E-state index contributed by atoms with van der Waals surface area (Å²) < 4.78 is 0. The number of piperidine rings is 1. The second-order valence-corrected chi connectivity index (χ2v) is 6.17. The highest BCUT2D eigenvalue weighted by Crippen LogP contribution is 2.21. The van der Waals surface area contributed by atoms with Crippen molar-refractivity contribution in [1.29, 1.82) is 0 Å². The maximum Gasteiger partial charge on any atom is 0.237 e. The van der Waals surface area contributed by atoms with Crippen LogP contribution in [0.1, 0.15) is 47.0 Å². The molecule has 3 atom stereocenters. The van der Waals surface area contributed by atoms with Crippen molar-refractivity contribution < 1.29 is 9.90 Å². The third-order valence-electron chi connectivity index (χ3n) is 4.20.